The normalized spacial score (nSPS) is 18.9. The number of carbonyl (C=O) groups excluding carboxylic acids is 1. The number of amides is 1. The van der Waals surface area contributed by atoms with Crippen molar-refractivity contribution in [3.05, 3.63) is 58.8 Å². The molecule has 2 aliphatic rings. The van der Waals surface area contributed by atoms with Crippen LogP contribution < -0.4 is 11.0 Å². The van der Waals surface area contributed by atoms with Crippen molar-refractivity contribution in [2.45, 2.75) is 25.3 Å². The van der Waals surface area contributed by atoms with Gasteiger partial charge in [-0.05, 0) is 30.9 Å². The Labute approximate surface area is 182 Å². The number of aromatic nitrogens is 3. The zero-order valence-corrected chi connectivity index (χ0v) is 18.0. The number of rotatable bonds is 4. The molecule has 2 aliphatic heterocycles. The molecule has 1 N–H and O–H groups in total. The summed E-state index contributed by atoms with van der Waals surface area (Å²) in [6.45, 7) is 2.29. The lowest BCUT2D eigenvalue weighted by molar-refractivity contribution is -0.133. The van der Waals surface area contributed by atoms with Crippen molar-refractivity contribution in [1.29, 1.82) is 0 Å². The van der Waals surface area contributed by atoms with E-state index in [-0.39, 0.29) is 42.5 Å². The van der Waals surface area contributed by atoms with Crippen LogP contribution in [0.25, 0.3) is 5.69 Å². The minimum Gasteiger partial charge on any atom is -0.341 e. The molecule has 1 saturated heterocycles. The Morgan fingerprint density at radius 3 is 2.48 bits per heavy atom. The summed E-state index contributed by atoms with van der Waals surface area (Å²) in [6, 6.07) is 9.47. The van der Waals surface area contributed by atoms with Crippen LogP contribution in [0.3, 0.4) is 0 Å². The molecule has 29 heavy (non-hydrogen) atoms. The van der Waals surface area contributed by atoms with Gasteiger partial charge in [0.25, 0.3) is 0 Å². The maximum atomic E-state index is 12.5. The van der Waals surface area contributed by atoms with Gasteiger partial charge < -0.3 is 4.90 Å². The monoisotopic (exact) mass is 439 g/mol. The maximum Gasteiger partial charge on any atom is 0.350 e. The smallest absolute Gasteiger partial charge is 0.341 e. The summed E-state index contributed by atoms with van der Waals surface area (Å²) in [5.41, 5.74) is 0.722. The van der Waals surface area contributed by atoms with Crippen molar-refractivity contribution in [1.82, 2.24) is 24.6 Å². The van der Waals surface area contributed by atoms with Crippen molar-refractivity contribution in [3.63, 3.8) is 0 Å². The number of hydrogen-bond acceptors (Lipinski definition) is 4. The predicted molar refractivity (Wildman–Crippen MR) is 117 cm³/mol. The van der Waals surface area contributed by atoms with Crippen molar-refractivity contribution in [2.24, 2.45) is 13.0 Å². The summed E-state index contributed by atoms with van der Waals surface area (Å²) in [5, 5.41) is 7.65. The highest BCUT2D eigenvalue weighted by Gasteiger charge is 2.29. The number of halogens is 2. The Balaban J connectivity index is 0.00000150. The molecular weight excluding hydrogens is 413 g/mol. The molecule has 1 aromatic heterocycles. The summed E-state index contributed by atoms with van der Waals surface area (Å²) in [6.07, 6.45) is 6.55. The van der Waals surface area contributed by atoms with Crippen LogP contribution in [0.15, 0.2) is 47.3 Å². The van der Waals surface area contributed by atoms with E-state index in [0.717, 1.165) is 50.4 Å². The van der Waals surface area contributed by atoms with Crippen LogP contribution in [0, 0.1) is 5.92 Å². The van der Waals surface area contributed by atoms with E-state index in [1.165, 1.54) is 4.68 Å². The van der Waals surface area contributed by atoms with Gasteiger partial charge in [-0.25, -0.2) is 14.0 Å². The van der Waals surface area contributed by atoms with E-state index >= 15 is 0 Å². The van der Waals surface area contributed by atoms with Crippen LogP contribution >= 0.6 is 24.8 Å². The van der Waals surface area contributed by atoms with E-state index < -0.39 is 0 Å². The molecule has 158 valence electrons. The first-order valence-corrected chi connectivity index (χ1v) is 9.52. The zero-order valence-electron chi connectivity index (χ0n) is 16.4. The number of likely N-dealkylation sites (tertiary alicyclic amines) is 1. The highest BCUT2D eigenvalue weighted by molar-refractivity contribution is 5.85. The Kier molecular flexibility index (Phi) is 8.07. The molecule has 7 nitrogen and oxygen atoms in total. The van der Waals surface area contributed by atoms with Crippen molar-refractivity contribution in [2.75, 3.05) is 19.6 Å². The molecule has 4 rings (SSSR count). The van der Waals surface area contributed by atoms with Gasteiger partial charge in [0.1, 0.15) is 11.9 Å². The fraction of sp³-hybridized carbons (Fsp3) is 0.450. The molecule has 0 saturated carbocycles. The lowest BCUT2D eigenvalue weighted by Crippen LogP contribution is -2.47. The average Bonchev–Trinajstić information content (AvgIpc) is 3.32. The Morgan fingerprint density at radius 2 is 1.86 bits per heavy atom. The summed E-state index contributed by atoms with van der Waals surface area (Å²) < 4.78 is 3.10. The highest BCUT2D eigenvalue weighted by atomic mass is 35.5. The van der Waals surface area contributed by atoms with Crippen molar-refractivity contribution < 1.29 is 4.79 Å². The molecule has 1 amide bonds. The minimum absolute atomic E-state index is 0. The first-order valence-electron chi connectivity index (χ1n) is 9.52. The fourth-order valence-electron chi connectivity index (χ4n) is 3.93. The third-order valence-corrected chi connectivity index (χ3v) is 5.45. The van der Waals surface area contributed by atoms with Gasteiger partial charge in [0.2, 0.25) is 5.91 Å². The van der Waals surface area contributed by atoms with E-state index in [0.29, 0.717) is 5.92 Å². The molecule has 9 heteroatoms. The SMILES string of the molecule is Cl.Cl.Cn1nc(CC2CCN(C(=O)C3C=CCN3)CC2)n(-c2ccccc2)c1=O. The van der Waals surface area contributed by atoms with E-state index in [9.17, 15) is 9.59 Å². The van der Waals surface area contributed by atoms with Crippen molar-refractivity contribution in [3.8, 4) is 5.69 Å². The highest BCUT2D eigenvalue weighted by Crippen LogP contribution is 2.22. The van der Waals surface area contributed by atoms with Gasteiger partial charge in [0, 0.05) is 33.1 Å². The molecular formula is C20H27Cl2N5O2. The number of aryl methyl sites for hydroxylation is 1. The van der Waals surface area contributed by atoms with Crippen molar-refractivity contribution >= 4 is 30.7 Å². The second-order valence-corrected chi connectivity index (χ2v) is 7.28. The van der Waals surface area contributed by atoms with Gasteiger partial charge in [0.05, 0.1) is 5.69 Å². The van der Waals surface area contributed by atoms with Gasteiger partial charge >= 0.3 is 5.69 Å². The van der Waals surface area contributed by atoms with Crippen LogP contribution in [0.4, 0.5) is 0 Å². The first-order chi connectivity index (χ1) is 13.1. The van der Waals surface area contributed by atoms with E-state index in [4.69, 9.17) is 0 Å². The summed E-state index contributed by atoms with van der Waals surface area (Å²) in [5.74, 6) is 1.38. The second kappa shape index (κ2) is 10.1. The van der Waals surface area contributed by atoms with E-state index in [2.05, 4.69) is 10.4 Å². The number of benzene rings is 1. The standard InChI is InChI=1S/C20H25N5O2.2ClH/c1-23-20(27)25(16-6-3-2-4-7-16)18(22-23)14-15-9-12-24(13-10-15)19(26)17-8-5-11-21-17;;/h2-8,15,17,21H,9-14H2,1H3;2*1H. The number of nitrogens with one attached hydrogen (secondary N) is 1. The third-order valence-electron chi connectivity index (χ3n) is 5.45. The summed E-state index contributed by atoms with van der Waals surface area (Å²) in [4.78, 5) is 27.0. The largest absolute Gasteiger partial charge is 0.350 e. The fourth-order valence-corrected chi connectivity index (χ4v) is 3.93. The number of piperidine rings is 1. The van der Waals surface area contributed by atoms with Gasteiger partial charge in [-0.3, -0.25) is 10.1 Å². The number of carbonyl (C=O) groups is 1. The number of para-hydroxylation sites is 1. The molecule has 1 fully saturated rings. The van der Waals surface area contributed by atoms with Gasteiger partial charge in [-0.15, -0.1) is 24.8 Å². The molecule has 1 unspecified atom stereocenters. The van der Waals surface area contributed by atoms with Gasteiger partial charge in [-0.1, -0.05) is 30.4 Å². The number of nitrogens with zero attached hydrogens (tertiary/aromatic N) is 4. The van der Waals surface area contributed by atoms with Gasteiger partial charge in [-0.2, -0.15) is 5.10 Å². The molecule has 3 heterocycles. The molecule has 0 aliphatic carbocycles. The Morgan fingerprint density at radius 1 is 1.17 bits per heavy atom. The van der Waals surface area contributed by atoms with Crippen LogP contribution in [0.1, 0.15) is 18.7 Å². The molecule has 0 spiro atoms. The average molecular weight is 440 g/mol. The topological polar surface area (TPSA) is 72.2 Å². The molecule has 1 atom stereocenters. The second-order valence-electron chi connectivity index (χ2n) is 7.28. The van der Waals surface area contributed by atoms with Crippen LogP contribution in [-0.4, -0.2) is 50.8 Å². The van der Waals surface area contributed by atoms with E-state index in [1.54, 1.807) is 11.6 Å². The molecule has 0 bridgehead atoms. The third kappa shape index (κ3) is 4.91. The van der Waals surface area contributed by atoms with Crippen LogP contribution in [-0.2, 0) is 18.3 Å². The minimum atomic E-state index is -0.166. The lowest BCUT2D eigenvalue weighted by atomic mass is 9.93. The maximum absolute atomic E-state index is 12.5. The Bertz CT molecular complexity index is 901. The molecule has 2 aromatic rings. The lowest BCUT2D eigenvalue weighted by Gasteiger charge is -2.33. The van der Waals surface area contributed by atoms with Crippen LogP contribution in [0.5, 0.6) is 0 Å². The molecule has 1 aromatic carbocycles. The first kappa shape index (κ1) is 23.2. The van der Waals surface area contributed by atoms with Gasteiger partial charge in [0.15, 0.2) is 0 Å². The number of hydrogen-bond donors (Lipinski definition) is 1. The predicted octanol–water partition coefficient (Wildman–Crippen LogP) is 1.72. The Hall–Kier alpha value is -2.09. The van der Waals surface area contributed by atoms with Crippen LogP contribution in [0.2, 0.25) is 0 Å². The summed E-state index contributed by atoms with van der Waals surface area (Å²) in [7, 11) is 1.69. The molecule has 0 radical (unpaired) electrons. The quantitative estimate of drug-likeness (QED) is 0.736. The summed E-state index contributed by atoms with van der Waals surface area (Å²) >= 11 is 0. The zero-order chi connectivity index (χ0) is 18.8. The van der Waals surface area contributed by atoms with E-state index in [1.807, 2.05) is 47.4 Å².